The van der Waals surface area contributed by atoms with Gasteiger partial charge in [0.1, 0.15) is 6.61 Å². The number of nitrogens with one attached hydrogen (secondary N) is 2. The van der Waals surface area contributed by atoms with Crippen molar-refractivity contribution in [1.82, 2.24) is 29.3 Å². The summed E-state index contributed by atoms with van der Waals surface area (Å²) in [6.07, 6.45) is -0.0635. The zero-order valence-electron chi connectivity index (χ0n) is 16.0. The Balaban J connectivity index is 2.34. The molecule has 0 radical (unpaired) electrons. The van der Waals surface area contributed by atoms with Crippen molar-refractivity contribution in [2.45, 2.75) is 45.9 Å². The van der Waals surface area contributed by atoms with Crippen LogP contribution in [0.3, 0.4) is 0 Å². The zero-order chi connectivity index (χ0) is 18.9. The van der Waals surface area contributed by atoms with Crippen LogP contribution < -0.4 is 26.6 Å². The molecule has 2 heterocycles. The summed E-state index contributed by atoms with van der Waals surface area (Å²) in [5.74, 6) is 0. The van der Waals surface area contributed by atoms with E-state index in [0.29, 0.717) is 23.8 Å². The SMILES string of the molecule is CC(C)NC(COc1nc2c(c(=O)n(C)c(=O)n2C)n1C)NC(C)C. The third-order valence-electron chi connectivity index (χ3n) is 3.88. The maximum Gasteiger partial charge on any atom is 0.332 e. The fourth-order valence-electron chi connectivity index (χ4n) is 2.73. The third-order valence-corrected chi connectivity index (χ3v) is 3.88. The van der Waals surface area contributed by atoms with Crippen molar-refractivity contribution in [2.24, 2.45) is 21.1 Å². The van der Waals surface area contributed by atoms with Gasteiger partial charge in [0.05, 0.1) is 6.17 Å². The largest absolute Gasteiger partial charge is 0.462 e. The molecule has 9 nitrogen and oxygen atoms in total. The molecule has 0 bridgehead atoms. The summed E-state index contributed by atoms with van der Waals surface area (Å²) in [6.45, 7) is 8.57. The highest BCUT2D eigenvalue weighted by molar-refractivity contribution is 5.71. The van der Waals surface area contributed by atoms with E-state index in [1.54, 1.807) is 18.7 Å². The number of hydrogen-bond donors (Lipinski definition) is 2. The molecule has 0 aliphatic heterocycles. The van der Waals surface area contributed by atoms with Gasteiger partial charge >= 0.3 is 5.69 Å². The van der Waals surface area contributed by atoms with Gasteiger partial charge in [-0.2, -0.15) is 4.98 Å². The molecule has 140 valence electrons. The smallest absolute Gasteiger partial charge is 0.332 e. The second kappa shape index (κ2) is 7.40. The average Bonchev–Trinajstić information content (AvgIpc) is 2.84. The minimum atomic E-state index is -0.414. The highest BCUT2D eigenvalue weighted by atomic mass is 16.5. The monoisotopic (exact) mass is 352 g/mol. The highest BCUT2D eigenvalue weighted by Crippen LogP contribution is 2.15. The van der Waals surface area contributed by atoms with Crippen LogP contribution in [0, 0.1) is 0 Å². The number of imidazole rings is 1. The lowest BCUT2D eigenvalue weighted by atomic mass is 10.3. The first-order valence-corrected chi connectivity index (χ1v) is 8.40. The van der Waals surface area contributed by atoms with Gasteiger partial charge in [0.2, 0.25) is 0 Å². The molecule has 0 aliphatic carbocycles. The molecule has 2 N–H and O–H groups in total. The minimum absolute atomic E-state index is 0.0635. The number of fused-ring (bicyclic) bond motifs is 1. The van der Waals surface area contributed by atoms with E-state index in [2.05, 4.69) is 43.3 Å². The maximum absolute atomic E-state index is 12.4. The van der Waals surface area contributed by atoms with Crippen molar-refractivity contribution in [1.29, 1.82) is 0 Å². The molecule has 2 aromatic rings. The van der Waals surface area contributed by atoms with Gasteiger partial charge in [-0.05, 0) is 27.7 Å². The Labute approximate surface area is 146 Å². The summed E-state index contributed by atoms with van der Waals surface area (Å²) >= 11 is 0. The number of nitrogens with zero attached hydrogens (tertiary/aromatic N) is 4. The molecular weight excluding hydrogens is 324 g/mol. The fourth-order valence-corrected chi connectivity index (χ4v) is 2.73. The van der Waals surface area contributed by atoms with Crippen LogP contribution in [0.2, 0.25) is 0 Å². The standard InChI is InChI=1S/C16H28N6O3/c1-9(2)17-11(18-10(3)4)8-25-15-19-13-12(20(15)5)14(23)22(7)16(24)21(13)6/h9-11,17-18H,8H2,1-7H3. The van der Waals surface area contributed by atoms with Crippen LogP contribution in [-0.4, -0.2) is 43.5 Å². The highest BCUT2D eigenvalue weighted by Gasteiger charge is 2.19. The van der Waals surface area contributed by atoms with E-state index in [1.807, 2.05) is 0 Å². The molecule has 9 heteroatoms. The van der Waals surface area contributed by atoms with Crippen molar-refractivity contribution in [3.8, 4) is 6.01 Å². The van der Waals surface area contributed by atoms with Gasteiger partial charge in [-0.3, -0.25) is 29.1 Å². The van der Waals surface area contributed by atoms with Gasteiger partial charge < -0.3 is 4.74 Å². The fraction of sp³-hybridized carbons (Fsp3) is 0.688. The van der Waals surface area contributed by atoms with E-state index in [9.17, 15) is 9.59 Å². The average molecular weight is 352 g/mol. The van der Waals surface area contributed by atoms with Crippen LogP contribution in [-0.2, 0) is 21.1 Å². The normalized spacial score (nSPS) is 12.1. The maximum atomic E-state index is 12.4. The Bertz CT molecular complexity index is 851. The quantitative estimate of drug-likeness (QED) is 0.663. The van der Waals surface area contributed by atoms with Crippen molar-refractivity contribution < 1.29 is 4.74 Å². The molecule has 0 amide bonds. The number of rotatable bonds is 7. The lowest BCUT2D eigenvalue weighted by Gasteiger charge is -2.24. The molecule has 0 saturated heterocycles. The molecule has 25 heavy (non-hydrogen) atoms. The summed E-state index contributed by atoms with van der Waals surface area (Å²) in [6, 6.07) is 0.872. The van der Waals surface area contributed by atoms with Gasteiger partial charge in [0.25, 0.3) is 11.6 Å². The lowest BCUT2D eigenvalue weighted by molar-refractivity contribution is 0.205. The first-order chi connectivity index (χ1) is 11.6. The van der Waals surface area contributed by atoms with Crippen LogP contribution in [0.4, 0.5) is 0 Å². The third kappa shape index (κ3) is 3.93. The van der Waals surface area contributed by atoms with E-state index in [-0.39, 0.29) is 23.8 Å². The number of hydrogen-bond acceptors (Lipinski definition) is 6. The van der Waals surface area contributed by atoms with Crippen LogP contribution in [0.25, 0.3) is 11.2 Å². The van der Waals surface area contributed by atoms with Crippen LogP contribution in [0.5, 0.6) is 6.01 Å². The van der Waals surface area contributed by atoms with E-state index in [0.717, 1.165) is 4.57 Å². The molecule has 0 saturated carbocycles. The molecule has 2 rings (SSSR count). The van der Waals surface area contributed by atoms with Crippen LogP contribution in [0.1, 0.15) is 27.7 Å². The first kappa shape index (κ1) is 19.2. The number of aromatic nitrogens is 4. The van der Waals surface area contributed by atoms with Gasteiger partial charge in [0.15, 0.2) is 11.2 Å². The molecule has 0 spiro atoms. The van der Waals surface area contributed by atoms with Crippen molar-refractivity contribution in [3.05, 3.63) is 20.8 Å². The summed E-state index contributed by atoms with van der Waals surface area (Å²) in [7, 11) is 4.74. The topological polar surface area (TPSA) is 95.1 Å². The molecule has 0 atom stereocenters. The van der Waals surface area contributed by atoms with E-state index >= 15 is 0 Å². The molecule has 0 aromatic carbocycles. The van der Waals surface area contributed by atoms with Crippen LogP contribution >= 0.6 is 0 Å². The van der Waals surface area contributed by atoms with Crippen LogP contribution in [0.15, 0.2) is 9.59 Å². The summed E-state index contributed by atoms with van der Waals surface area (Å²) in [5.41, 5.74) is -0.149. The Morgan fingerprint density at radius 3 is 2.04 bits per heavy atom. The number of ether oxygens (including phenoxy) is 1. The second-order valence-electron chi connectivity index (χ2n) is 6.84. The van der Waals surface area contributed by atoms with Crippen molar-refractivity contribution in [2.75, 3.05) is 6.61 Å². The summed E-state index contributed by atoms with van der Waals surface area (Å²) < 4.78 is 9.83. The van der Waals surface area contributed by atoms with Crippen molar-refractivity contribution >= 4 is 11.2 Å². The molecule has 0 aliphatic rings. The first-order valence-electron chi connectivity index (χ1n) is 8.40. The Hall–Kier alpha value is -2.13. The lowest BCUT2D eigenvalue weighted by Crippen LogP contribution is -2.51. The van der Waals surface area contributed by atoms with Gasteiger partial charge in [0, 0.05) is 33.2 Å². The van der Waals surface area contributed by atoms with Gasteiger partial charge in [-0.15, -0.1) is 0 Å². The zero-order valence-corrected chi connectivity index (χ0v) is 16.0. The summed E-state index contributed by atoms with van der Waals surface area (Å²) in [5, 5.41) is 6.76. The van der Waals surface area contributed by atoms with E-state index in [1.165, 1.54) is 11.6 Å². The predicted octanol–water partition coefficient (Wildman–Crippen LogP) is -0.328. The summed E-state index contributed by atoms with van der Waals surface area (Å²) in [4.78, 5) is 28.8. The molecule has 0 unspecified atom stereocenters. The Kier molecular flexibility index (Phi) is 5.69. The molecule has 2 aromatic heterocycles. The predicted molar refractivity (Wildman–Crippen MR) is 97.0 cm³/mol. The second-order valence-corrected chi connectivity index (χ2v) is 6.84. The van der Waals surface area contributed by atoms with E-state index in [4.69, 9.17) is 4.74 Å². The van der Waals surface area contributed by atoms with E-state index < -0.39 is 5.69 Å². The molecule has 0 fully saturated rings. The van der Waals surface area contributed by atoms with Crippen molar-refractivity contribution in [3.63, 3.8) is 0 Å². The van der Waals surface area contributed by atoms with Gasteiger partial charge in [-0.25, -0.2) is 4.79 Å². The van der Waals surface area contributed by atoms with Gasteiger partial charge in [-0.1, -0.05) is 0 Å². The Morgan fingerprint density at radius 2 is 1.52 bits per heavy atom. The number of aryl methyl sites for hydroxylation is 2. The minimum Gasteiger partial charge on any atom is -0.462 e. The molecular formula is C16H28N6O3. The Morgan fingerprint density at radius 1 is 0.960 bits per heavy atom.